The number of imidazole rings is 1. The second-order valence-corrected chi connectivity index (χ2v) is 9.20. The van der Waals surface area contributed by atoms with Crippen LogP contribution < -0.4 is 9.47 Å². The van der Waals surface area contributed by atoms with Crippen LogP contribution in [0.4, 0.5) is 8.78 Å². The van der Waals surface area contributed by atoms with Crippen molar-refractivity contribution in [2.24, 2.45) is 0 Å². The van der Waals surface area contributed by atoms with E-state index in [1.54, 1.807) is 12.1 Å². The molecule has 1 aromatic carbocycles. The van der Waals surface area contributed by atoms with Crippen LogP contribution in [0, 0.1) is 11.6 Å². The van der Waals surface area contributed by atoms with Crippen molar-refractivity contribution < 1.29 is 37.4 Å². The number of hydrogen-bond acceptors (Lipinski definition) is 9. The second kappa shape index (κ2) is 9.86. The number of halogens is 3. The zero-order chi connectivity index (χ0) is 25.5. The lowest BCUT2D eigenvalue weighted by molar-refractivity contribution is 0.00706. The largest absolute Gasteiger partial charge is 0.487 e. The maximum atomic E-state index is 14.7. The summed E-state index contributed by atoms with van der Waals surface area (Å²) in [6.45, 7) is 0.466. The van der Waals surface area contributed by atoms with Crippen molar-refractivity contribution in [3.8, 4) is 11.8 Å². The third kappa shape index (κ3) is 4.85. The zero-order valence-electron chi connectivity index (χ0n) is 19.2. The Hall–Kier alpha value is -3.32. The van der Waals surface area contributed by atoms with Crippen LogP contribution in [-0.2, 0) is 28.9 Å². The number of benzene rings is 1. The van der Waals surface area contributed by atoms with Gasteiger partial charge in [-0.3, -0.25) is 0 Å². The number of aliphatic hydroxyl groups excluding tert-OH is 1. The Balaban J connectivity index is 1.13. The molecule has 0 aliphatic carbocycles. The number of rotatable bonds is 8. The summed E-state index contributed by atoms with van der Waals surface area (Å²) in [5, 5.41) is 13.9. The molecule has 4 atom stereocenters. The van der Waals surface area contributed by atoms with Crippen LogP contribution in [-0.4, -0.2) is 62.8 Å². The maximum absolute atomic E-state index is 14.7. The monoisotopic (exact) mass is 534 g/mol. The van der Waals surface area contributed by atoms with Gasteiger partial charge in [0.1, 0.15) is 54.3 Å². The standard InChI is InChI=1S/C24H21ClF2N4O6/c25-14-7-18-23(30-24(29-18)37-20-10-35-21-19(32)9-34-22(20)21)28-17(14)2-1-13-15(26)5-12(6-16(13)27)33-8-11-3-4-36-31-11/h3-7,19-22,32H,1-2,8-10H2,(H,28,29,30)/t19-,20-,21-,22-/m1/s1. The van der Waals surface area contributed by atoms with E-state index in [1.165, 1.54) is 6.26 Å². The summed E-state index contributed by atoms with van der Waals surface area (Å²) in [4.78, 5) is 11.8. The van der Waals surface area contributed by atoms with Gasteiger partial charge >= 0.3 is 0 Å². The van der Waals surface area contributed by atoms with Crippen molar-refractivity contribution >= 4 is 22.8 Å². The van der Waals surface area contributed by atoms with Crippen LogP contribution in [0.1, 0.15) is 17.0 Å². The van der Waals surface area contributed by atoms with Crippen LogP contribution in [0.3, 0.4) is 0 Å². The number of hydrogen-bond donors (Lipinski definition) is 2. The number of aromatic amines is 1. The first-order valence-electron chi connectivity index (χ1n) is 11.6. The highest BCUT2D eigenvalue weighted by Crippen LogP contribution is 2.30. The molecule has 2 fully saturated rings. The number of fused-ring (bicyclic) bond motifs is 2. The highest BCUT2D eigenvalue weighted by molar-refractivity contribution is 6.31. The topological polar surface area (TPSA) is 125 Å². The van der Waals surface area contributed by atoms with Crippen LogP contribution in [0.5, 0.6) is 11.8 Å². The molecule has 0 amide bonds. The molecule has 0 bridgehead atoms. The second-order valence-electron chi connectivity index (χ2n) is 8.79. The van der Waals surface area contributed by atoms with Gasteiger partial charge in [-0.05, 0) is 18.9 Å². The fourth-order valence-electron chi connectivity index (χ4n) is 4.47. The van der Waals surface area contributed by atoms with Crippen molar-refractivity contribution in [1.29, 1.82) is 0 Å². The van der Waals surface area contributed by atoms with Crippen LogP contribution >= 0.6 is 11.6 Å². The summed E-state index contributed by atoms with van der Waals surface area (Å²) < 4.78 is 56.4. The molecule has 13 heteroatoms. The van der Waals surface area contributed by atoms with E-state index in [4.69, 9.17) is 35.1 Å². The van der Waals surface area contributed by atoms with Crippen molar-refractivity contribution in [1.82, 2.24) is 20.1 Å². The minimum Gasteiger partial charge on any atom is -0.487 e. The lowest BCUT2D eigenvalue weighted by atomic mass is 10.1. The molecule has 2 N–H and O–H groups in total. The van der Waals surface area contributed by atoms with E-state index in [-0.39, 0.29) is 56.1 Å². The first kappa shape index (κ1) is 24.0. The summed E-state index contributed by atoms with van der Waals surface area (Å²) in [6.07, 6.45) is -0.359. The first-order chi connectivity index (χ1) is 17.9. The van der Waals surface area contributed by atoms with E-state index in [0.717, 1.165) is 12.1 Å². The molecule has 4 aromatic rings. The Morgan fingerprint density at radius 1 is 1.08 bits per heavy atom. The Kier molecular flexibility index (Phi) is 6.41. The average Bonchev–Trinajstić information content (AvgIpc) is 3.65. The molecule has 2 aliphatic heterocycles. The van der Waals surface area contributed by atoms with Gasteiger partial charge in [0.2, 0.25) is 0 Å². The van der Waals surface area contributed by atoms with Gasteiger partial charge in [-0.15, -0.1) is 0 Å². The Morgan fingerprint density at radius 2 is 1.89 bits per heavy atom. The molecular weight excluding hydrogens is 514 g/mol. The van der Waals surface area contributed by atoms with E-state index in [1.807, 2.05) is 0 Å². The predicted octanol–water partition coefficient (Wildman–Crippen LogP) is 3.15. The normalized spacial score (nSPS) is 23.0. The maximum Gasteiger partial charge on any atom is 0.296 e. The van der Waals surface area contributed by atoms with Crippen LogP contribution in [0.2, 0.25) is 5.02 Å². The number of nitrogens with zero attached hydrogens (tertiary/aromatic N) is 3. The minimum absolute atomic E-state index is 0.0215. The smallest absolute Gasteiger partial charge is 0.296 e. The molecule has 2 saturated heterocycles. The Morgan fingerprint density at radius 3 is 2.68 bits per heavy atom. The highest BCUT2D eigenvalue weighted by Gasteiger charge is 2.48. The molecule has 10 nitrogen and oxygen atoms in total. The third-order valence-electron chi connectivity index (χ3n) is 6.33. The van der Waals surface area contributed by atoms with Gasteiger partial charge in [0.25, 0.3) is 6.01 Å². The number of aromatic nitrogens is 4. The lowest BCUT2D eigenvalue weighted by Gasteiger charge is -2.15. The molecule has 5 heterocycles. The minimum atomic E-state index is -0.737. The SMILES string of the molecule is O[C@@H]1CO[C@H]2[C@@H]1OC[C@H]2Oc1nc2nc(CCc3c(F)cc(OCc4ccon4)cc3F)c(Cl)cc2[nH]1. The van der Waals surface area contributed by atoms with E-state index < -0.39 is 29.9 Å². The molecule has 194 valence electrons. The molecule has 37 heavy (non-hydrogen) atoms. The van der Waals surface area contributed by atoms with Gasteiger partial charge in [-0.25, -0.2) is 13.8 Å². The molecule has 3 aromatic heterocycles. The molecule has 0 radical (unpaired) electrons. The molecule has 6 rings (SSSR count). The quantitative estimate of drug-likeness (QED) is 0.351. The van der Waals surface area contributed by atoms with E-state index in [9.17, 15) is 13.9 Å². The van der Waals surface area contributed by atoms with Crippen molar-refractivity contribution in [3.05, 3.63) is 64.1 Å². The predicted molar refractivity (Wildman–Crippen MR) is 123 cm³/mol. The van der Waals surface area contributed by atoms with Crippen molar-refractivity contribution in [3.63, 3.8) is 0 Å². The van der Waals surface area contributed by atoms with Gasteiger partial charge in [0, 0.05) is 23.8 Å². The number of pyridine rings is 1. The highest BCUT2D eigenvalue weighted by atomic mass is 35.5. The number of nitrogens with one attached hydrogen (secondary N) is 1. The third-order valence-corrected chi connectivity index (χ3v) is 6.65. The van der Waals surface area contributed by atoms with Gasteiger partial charge in [0.05, 0.1) is 29.4 Å². The van der Waals surface area contributed by atoms with Gasteiger partial charge in [0.15, 0.2) is 11.8 Å². The fourth-order valence-corrected chi connectivity index (χ4v) is 4.71. The molecule has 0 unspecified atom stereocenters. The summed E-state index contributed by atoms with van der Waals surface area (Å²) in [7, 11) is 0. The first-order valence-corrected chi connectivity index (χ1v) is 12.0. The van der Waals surface area contributed by atoms with Crippen molar-refractivity contribution in [2.75, 3.05) is 13.2 Å². The van der Waals surface area contributed by atoms with E-state index in [0.29, 0.717) is 27.6 Å². The van der Waals surface area contributed by atoms with Gasteiger partial charge in [-0.2, -0.15) is 4.98 Å². The van der Waals surface area contributed by atoms with Crippen molar-refractivity contribution in [2.45, 2.75) is 43.9 Å². The molecule has 0 spiro atoms. The molecular formula is C24H21ClF2N4O6. The van der Waals surface area contributed by atoms with E-state index >= 15 is 0 Å². The molecule has 0 saturated carbocycles. The lowest BCUT2D eigenvalue weighted by Crippen LogP contribution is -2.34. The number of aliphatic hydroxyl groups is 1. The molecule has 2 aliphatic rings. The average molecular weight is 535 g/mol. The van der Waals surface area contributed by atoms with Gasteiger partial charge < -0.3 is 33.6 Å². The summed E-state index contributed by atoms with van der Waals surface area (Å²) in [5.41, 5.74) is 1.71. The number of H-pyrrole nitrogens is 1. The number of ether oxygens (including phenoxy) is 4. The Labute approximate surface area is 213 Å². The van der Waals surface area contributed by atoms with E-state index in [2.05, 4.69) is 20.1 Å². The Bertz CT molecular complexity index is 1400. The summed E-state index contributed by atoms with van der Waals surface area (Å²) in [6, 6.07) is 5.68. The van der Waals surface area contributed by atoms with Gasteiger partial charge in [-0.1, -0.05) is 16.8 Å². The zero-order valence-corrected chi connectivity index (χ0v) is 20.0. The summed E-state index contributed by atoms with van der Waals surface area (Å²) in [5.74, 6) is -1.43. The van der Waals surface area contributed by atoms with Crippen LogP contribution in [0.25, 0.3) is 11.2 Å². The van der Waals surface area contributed by atoms with Crippen LogP contribution in [0.15, 0.2) is 35.1 Å². The number of aryl methyl sites for hydroxylation is 1. The fraction of sp³-hybridized carbons (Fsp3) is 0.375. The summed E-state index contributed by atoms with van der Waals surface area (Å²) >= 11 is 6.39.